The predicted molar refractivity (Wildman–Crippen MR) is 92.9 cm³/mol. The molecule has 1 aromatic heterocycles. The highest BCUT2D eigenvalue weighted by atomic mass is 32.2. The number of carbonyl (C=O) groups is 1. The first-order valence-electron chi connectivity index (χ1n) is 7.87. The molecule has 1 aromatic carbocycles. The molecular weight excluding hydrogens is 331 g/mol. The van der Waals surface area contributed by atoms with E-state index in [-0.39, 0.29) is 16.7 Å². The third kappa shape index (κ3) is 4.70. The number of benzene rings is 1. The van der Waals surface area contributed by atoms with Crippen molar-refractivity contribution in [2.45, 2.75) is 31.8 Å². The summed E-state index contributed by atoms with van der Waals surface area (Å²) in [6.07, 6.45) is 1.99. The van der Waals surface area contributed by atoms with Crippen molar-refractivity contribution in [2.75, 3.05) is 23.7 Å². The SMILES string of the molecule is CCCN(CCC)c1ccc(-c2nc(SCC(=O)O)n[nH]2)c(F)c1. The van der Waals surface area contributed by atoms with Crippen LogP contribution < -0.4 is 4.90 Å². The second-order valence-corrected chi connectivity index (χ2v) is 6.24. The Balaban J connectivity index is 2.18. The first-order chi connectivity index (χ1) is 11.5. The van der Waals surface area contributed by atoms with E-state index in [0.29, 0.717) is 11.4 Å². The number of anilines is 1. The molecule has 0 saturated heterocycles. The van der Waals surface area contributed by atoms with Crippen molar-refractivity contribution in [3.63, 3.8) is 0 Å². The van der Waals surface area contributed by atoms with Gasteiger partial charge in [-0.1, -0.05) is 25.6 Å². The van der Waals surface area contributed by atoms with E-state index in [1.54, 1.807) is 6.07 Å². The number of halogens is 1. The summed E-state index contributed by atoms with van der Waals surface area (Å²) in [5, 5.41) is 15.5. The minimum atomic E-state index is -0.950. The summed E-state index contributed by atoms with van der Waals surface area (Å²) >= 11 is 0.987. The van der Waals surface area contributed by atoms with Crippen LogP contribution in [0.3, 0.4) is 0 Å². The van der Waals surface area contributed by atoms with Crippen LogP contribution in [0.15, 0.2) is 23.4 Å². The predicted octanol–water partition coefficient (Wildman–Crippen LogP) is 3.41. The van der Waals surface area contributed by atoms with E-state index in [1.165, 1.54) is 6.07 Å². The fraction of sp³-hybridized carbons (Fsp3) is 0.438. The second-order valence-electron chi connectivity index (χ2n) is 5.30. The van der Waals surface area contributed by atoms with E-state index in [1.807, 2.05) is 6.07 Å². The summed E-state index contributed by atoms with van der Waals surface area (Å²) in [4.78, 5) is 16.9. The zero-order valence-electron chi connectivity index (χ0n) is 13.8. The van der Waals surface area contributed by atoms with Gasteiger partial charge in [0, 0.05) is 18.8 Å². The van der Waals surface area contributed by atoms with Crippen LogP contribution in [0.2, 0.25) is 0 Å². The summed E-state index contributed by atoms with van der Waals surface area (Å²) < 4.78 is 14.5. The van der Waals surface area contributed by atoms with Gasteiger partial charge in [-0.15, -0.1) is 5.10 Å². The van der Waals surface area contributed by atoms with E-state index < -0.39 is 5.97 Å². The number of aromatic amines is 1. The lowest BCUT2D eigenvalue weighted by Crippen LogP contribution is -2.24. The van der Waals surface area contributed by atoms with E-state index in [4.69, 9.17) is 5.11 Å². The standard InChI is InChI=1S/C16H21FN4O2S/c1-3-7-21(8-4-2)11-5-6-12(13(17)9-11)15-18-16(20-19-15)24-10-14(22)23/h5-6,9H,3-4,7-8,10H2,1-2H3,(H,22,23)(H,18,19,20). The molecular formula is C16H21FN4O2S. The number of carboxylic acid groups (broad SMARTS) is 1. The van der Waals surface area contributed by atoms with Gasteiger partial charge in [-0.05, 0) is 31.0 Å². The van der Waals surface area contributed by atoms with Gasteiger partial charge in [0.05, 0.1) is 11.3 Å². The Bertz CT molecular complexity index is 686. The average molecular weight is 352 g/mol. The highest BCUT2D eigenvalue weighted by molar-refractivity contribution is 7.99. The van der Waals surface area contributed by atoms with Gasteiger partial charge in [0.15, 0.2) is 5.82 Å². The number of nitrogens with zero attached hydrogens (tertiary/aromatic N) is 3. The molecule has 2 N–H and O–H groups in total. The summed E-state index contributed by atoms with van der Waals surface area (Å²) in [5.74, 6) is -1.17. The number of hydrogen-bond donors (Lipinski definition) is 2. The Labute approximate surface area is 144 Å². The third-order valence-electron chi connectivity index (χ3n) is 3.35. The maximum absolute atomic E-state index is 14.5. The Morgan fingerprint density at radius 2 is 2.04 bits per heavy atom. The number of hydrogen-bond acceptors (Lipinski definition) is 5. The van der Waals surface area contributed by atoms with Crippen LogP contribution in [-0.2, 0) is 4.79 Å². The van der Waals surface area contributed by atoms with Crippen molar-refractivity contribution < 1.29 is 14.3 Å². The molecule has 0 aliphatic carbocycles. The zero-order chi connectivity index (χ0) is 17.5. The smallest absolute Gasteiger partial charge is 0.313 e. The van der Waals surface area contributed by atoms with Crippen LogP contribution in [0.4, 0.5) is 10.1 Å². The highest BCUT2D eigenvalue weighted by Gasteiger charge is 2.14. The largest absolute Gasteiger partial charge is 0.481 e. The van der Waals surface area contributed by atoms with Crippen molar-refractivity contribution in [1.29, 1.82) is 0 Å². The monoisotopic (exact) mass is 352 g/mol. The van der Waals surface area contributed by atoms with Crippen molar-refractivity contribution in [3.8, 4) is 11.4 Å². The molecule has 24 heavy (non-hydrogen) atoms. The van der Waals surface area contributed by atoms with Gasteiger partial charge >= 0.3 is 5.97 Å². The molecule has 1 heterocycles. The molecule has 0 fully saturated rings. The van der Waals surface area contributed by atoms with Gasteiger partial charge in [-0.25, -0.2) is 9.37 Å². The van der Waals surface area contributed by atoms with Gasteiger partial charge in [-0.3, -0.25) is 9.89 Å². The van der Waals surface area contributed by atoms with Gasteiger partial charge in [0.2, 0.25) is 5.16 Å². The van der Waals surface area contributed by atoms with Crippen molar-refractivity contribution >= 4 is 23.4 Å². The summed E-state index contributed by atoms with van der Waals surface area (Å²) in [6.45, 7) is 5.95. The van der Waals surface area contributed by atoms with Crippen LogP contribution in [0, 0.1) is 5.82 Å². The minimum absolute atomic E-state index is 0.137. The fourth-order valence-electron chi connectivity index (χ4n) is 2.36. The summed E-state index contributed by atoms with van der Waals surface area (Å²) in [6, 6.07) is 5.05. The molecule has 0 bridgehead atoms. The van der Waals surface area contributed by atoms with Crippen molar-refractivity contribution in [1.82, 2.24) is 15.2 Å². The Morgan fingerprint density at radius 1 is 1.33 bits per heavy atom. The number of rotatable bonds is 9. The fourth-order valence-corrected chi connectivity index (χ4v) is 2.88. The highest BCUT2D eigenvalue weighted by Crippen LogP contribution is 2.26. The van der Waals surface area contributed by atoms with Gasteiger partial charge < -0.3 is 10.0 Å². The maximum Gasteiger partial charge on any atom is 0.313 e. The van der Waals surface area contributed by atoms with Gasteiger partial charge in [-0.2, -0.15) is 0 Å². The van der Waals surface area contributed by atoms with Crippen LogP contribution >= 0.6 is 11.8 Å². The Kier molecular flexibility index (Phi) is 6.60. The molecule has 0 aliphatic rings. The lowest BCUT2D eigenvalue weighted by atomic mass is 10.1. The Morgan fingerprint density at radius 3 is 2.62 bits per heavy atom. The average Bonchev–Trinajstić information content (AvgIpc) is 3.01. The van der Waals surface area contributed by atoms with Crippen LogP contribution in [0.1, 0.15) is 26.7 Å². The molecule has 0 unspecified atom stereocenters. The lowest BCUT2D eigenvalue weighted by molar-refractivity contribution is -0.133. The molecule has 6 nitrogen and oxygen atoms in total. The molecule has 130 valence electrons. The maximum atomic E-state index is 14.5. The Hall–Kier alpha value is -2.09. The molecule has 2 aromatic rings. The van der Waals surface area contributed by atoms with E-state index >= 15 is 0 Å². The van der Waals surface area contributed by atoms with E-state index in [9.17, 15) is 9.18 Å². The number of nitrogens with one attached hydrogen (secondary N) is 1. The number of aliphatic carboxylic acids is 1. The number of carboxylic acids is 1. The van der Waals surface area contributed by atoms with E-state index in [2.05, 4.69) is 33.9 Å². The quantitative estimate of drug-likeness (QED) is 0.673. The molecule has 0 spiro atoms. The van der Waals surface area contributed by atoms with Gasteiger partial charge in [0.25, 0.3) is 0 Å². The number of H-pyrrole nitrogens is 1. The topological polar surface area (TPSA) is 82.1 Å². The first-order valence-corrected chi connectivity index (χ1v) is 8.85. The molecule has 8 heteroatoms. The minimum Gasteiger partial charge on any atom is -0.481 e. The second kappa shape index (κ2) is 8.68. The first kappa shape index (κ1) is 18.3. The van der Waals surface area contributed by atoms with E-state index in [0.717, 1.165) is 43.4 Å². The summed E-state index contributed by atoms with van der Waals surface area (Å²) in [5.41, 5.74) is 1.17. The molecule has 0 atom stereocenters. The van der Waals surface area contributed by atoms with Crippen LogP contribution in [0.25, 0.3) is 11.4 Å². The number of thioether (sulfide) groups is 1. The van der Waals surface area contributed by atoms with Crippen LogP contribution in [0.5, 0.6) is 0 Å². The molecule has 0 amide bonds. The van der Waals surface area contributed by atoms with Crippen molar-refractivity contribution in [2.24, 2.45) is 0 Å². The van der Waals surface area contributed by atoms with Crippen LogP contribution in [-0.4, -0.2) is 45.1 Å². The molecule has 0 aliphatic heterocycles. The zero-order valence-corrected chi connectivity index (χ0v) is 14.6. The molecule has 0 saturated carbocycles. The summed E-state index contributed by atoms with van der Waals surface area (Å²) in [7, 11) is 0. The van der Waals surface area contributed by atoms with Crippen molar-refractivity contribution in [3.05, 3.63) is 24.0 Å². The normalized spacial score (nSPS) is 10.8. The lowest BCUT2D eigenvalue weighted by Gasteiger charge is -2.24. The third-order valence-corrected chi connectivity index (χ3v) is 4.18. The van der Waals surface area contributed by atoms with Gasteiger partial charge in [0.1, 0.15) is 5.82 Å². The number of aromatic nitrogens is 3. The molecule has 2 rings (SSSR count). The molecule has 0 radical (unpaired) electrons.